The molecule has 2 aromatic rings. The Kier molecular flexibility index (Phi) is 5.61. The van der Waals surface area contributed by atoms with Gasteiger partial charge in [-0.15, -0.1) is 0 Å². The SMILES string of the molecule is O=C(C=Cc1c(Cl)cccc1Cl)N1CCN(c2ccc(F)cc2)CC1. The lowest BCUT2D eigenvalue weighted by atomic mass is 10.2. The summed E-state index contributed by atoms with van der Waals surface area (Å²) < 4.78 is 13.0. The summed E-state index contributed by atoms with van der Waals surface area (Å²) in [6.07, 6.45) is 3.15. The Morgan fingerprint density at radius 1 is 0.960 bits per heavy atom. The molecule has 3 rings (SSSR count). The van der Waals surface area contributed by atoms with Crippen molar-refractivity contribution in [2.75, 3.05) is 31.1 Å². The van der Waals surface area contributed by atoms with Crippen molar-refractivity contribution in [1.82, 2.24) is 4.90 Å². The first-order valence-corrected chi connectivity index (χ1v) is 8.72. The number of carbonyl (C=O) groups is 1. The van der Waals surface area contributed by atoms with E-state index in [4.69, 9.17) is 23.2 Å². The zero-order valence-electron chi connectivity index (χ0n) is 13.5. The minimum atomic E-state index is -0.249. The fraction of sp³-hybridized carbons (Fsp3) is 0.211. The maximum absolute atomic E-state index is 13.0. The van der Waals surface area contributed by atoms with Gasteiger partial charge < -0.3 is 9.80 Å². The van der Waals surface area contributed by atoms with Crippen LogP contribution in [0.3, 0.4) is 0 Å². The van der Waals surface area contributed by atoms with Gasteiger partial charge in [-0.1, -0.05) is 29.3 Å². The Balaban J connectivity index is 1.60. The van der Waals surface area contributed by atoms with E-state index in [2.05, 4.69) is 4.90 Å². The van der Waals surface area contributed by atoms with Crippen molar-refractivity contribution in [2.45, 2.75) is 0 Å². The summed E-state index contributed by atoms with van der Waals surface area (Å²) in [5, 5.41) is 1.02. The van der Waals surface area contributed by atoms with Gasteiger partial charge in [-0.3, -0.25) is 4.79 Å². The van der Waals surface area contributed by atoms with E-state index in [1.165, 1.54) is 18.2 Å². The lowest BCUT2D eigenvalue weighted by Crippen LogP contribution is -2.48. The first-order valence-electron chi connectivity index (χ1n) is 7.96. The average molecular weight is 379 g/mol. The quantitative estimate of drug-likeness (QED) is 0.734. The molecule has 0 saturated carbocycles. The van der Waals surface area contributed by atoms with Gasteiger partial charge in [0.15, 0.2) is 0 Å². The standard InChI is InChI=1S/C19H17Cl2FN2O/c20-17-2-1-3-18(21)16(17)8-9-19(25)24-12-10-23(11-13-24)15-6-4-14(22)5-7-15/h1-9H,10-13H2. The fourth-order valence-corrected chi connectivity index (χ4v) is 3.29. The van der Waals surface area contributed by atoms with Gasteiger partial charge in [0, 0.05) is 53.6 Å². The second kappa shape index (κ2) is 7.89. The van der Waals surface area contributed by atoms with Crippen LogP contribution in [0.1, 0.15) is 5.56 Å². The molecular weight excluding hydrogens is 362 g/mol. The van der Waals surface area contributed by atoms with Crippen molar-refractivity contribution >= 4 is 40.9 Å². The molecule has 0 unspecified atom stereocenters. The van der Waals surface area contributed by atoms with Gasteiger partial charge in [0.2, 0.25) is 5.91 Å². The smallest absolute Gasteiger partial charge is 0.246 e. The summed E-state index contributed by atoms with van der Waals surface area (Å²) in [6, 6.07) is 11.6. The highest BCUT2D eigenvalue weighted by molar-refractivity contribution is 6.37. The summed E-state index contributed by atoms with van der Waals surface area (Å²) in [4.78, 5) is 16.3. The predicted octanol–water partition coefficient (Wildman–Crippen LogP) is 4.49. The number of carbonyl (C=O) groups excluding carboxylic acids is 1. The van der Waals surface area contributed by atoms with Gasteiger partial charge >= 0.3 is 0 Å². The van der Waals surface area contributed by atoms with E-state index < -0.39 is 0 Å². The molecule has 130 valence electrons. The van der Waals surface area contributed by atoms with Crippen LogP contribution in [0.25, 0.3) is 6.08 Å². The Bertz CT molecular complexity index is 764. The third-order valence-corrected chi connectivity index (χ3v) is 4.83. The van der Waals surface area contributed by atoms with E-state index in [0.717, 1.165) is 5.69 Å². The van der Waals surface area contributed by atoms with Gasteiger partial charge in [-0.25, -0.2) is 4.39 Å². The van der Waals surface area contributed by atoms with Crippen molar-refractivity contribution in [2.24, 2.45) is 0 Å². The normalized spacial score (nSPS) is 15.0. The van der Waals surface area contributed by atoms with Gasteiger partial charge in [0.25, 0.3) is 0 Å². The number of benzene rings is 2. The first-order chi connectivity index (χ1) is 12.0. The highest BCUT2D eigenvalue weighted by Crippen LogP contribution is 2.25. The topological polar surface area (TPSA) is 23.6 Å². The molecular formula is C19H17Cl2FN2O. The molecule has 1 saturated heterocycles. The van der Waals surface area contributed by atoms with Gasteiger partial charge in [-0.05, 0) is 42.5 Å². The van der Waals surface area contributed by atoms with Crippen molar-refractivity contribution < 1.29 is 9.18 Å². The van der Waals surface area contributed by atoms with E-state index in [1.807, 2.05) is 0 Å². The van der Waals surface area contributed by atoms with Crippen LogP contribution in [0.15, 0.2) is 48.5 Å². The number of halogens is 3. The highest BCUT2D eigenvalue weighted by Gasteiger charge is 2.20. The van der Waals surface area contributed by atoms with Crippen LogP contribution in [0.5, 0.6) is 0 Å². The minimum absolute atomic E-state index is 0.0743. The predicted molar refractivity (Wildman–Crippen MR) is 101 cm³/mol. The maximum atomic E-state index is 13.0. The van der Waals surface area contributed by atoms with Gasteiger partial charge in [0.05, 0.1) is 0 Å². The summed E-state index contributed by atoms with van der Waals surface area (Å²) in [7, 11) is 0. The molecule has 3 nitrogen and oxygen atoms in total. The number of anilines is 1. The molecule has 25 heavy (non-hydrogen) atoms. The fourth-order valence-electron chi connectivity index (χ4n) is 2.77. The maximum Gasteiger partial charge on any atom is 0.246 e. The largest absolute Gasteiger partial charge is 0.368 e. The van der Waals surface area contributed by atoms with Crippen LogP contribution in [0.2, 0.25) is 10.0 Å². The van der Waals surface area contributed by atoms with Crippen LogP contribution < -0.4 is 4.90 Å². The Morgan fingerprint density at radius 2 is 1.56 bits per heavy atom. The van der Waals surface area contributed by atoms with E-state index in [9.17, 15) is 9.18 Å². The third kappa shape index (κ3) is 4.33. The average Bonchev–Trinajstić information content (AvgIpc) is 2.62. The van der Waals surface area contributed by atoms with E-state index in [1.54, 1.807) is 41.3 Å². The summed E-state index contributed by atoms with van der Waals surface area (Å²) in [5.41, 5.74) is 1.61. The van der Waals surface area contributed by atoms with E-state index in [0.29, 0.717) is 41.8 Å². The molecule has 0 radical (unpaired) electrons. The van der Waals surface area contributed by atoms with Crippen LogP contribution in [0, 0.1) is 5.82 Å². The Morgan fingerprint density at radius 3 is 2.16 bits per heavy atom. The molecule has 1 aliphatic heterocycles. The lowest BCUT2D eigenvalue weighted by Gasteiger charge is -2.35. The van der Waals surface area contributed by atoms with Gasteiger partial charge in [0.1, 0.15) is 5.82 Å². The molecule has 1 amide bonds. The third-order valence-electron chi connectivity index (χ3n) is 4.18. The molecule has 0 bridgehead atoms. The number of amides is 1. The zero-order valence-corrected chi connectivity index (χ0v) is 15.0. The molecule has 0 spiro atoms. The van der Waals surface area contributed by atoms with E-state index in [-0.39, 0.29) is 11.7 Å². The van der Waals surface area contributed by atoms with Crippen molar-refractivity contribution in [3.63, 3.8) is 0 Å². The summed E-state index contributed by atoms with van der Waals surface area (Å²) in [5.74, 6) is -0.323. The molecule has 1 fully saturated rings. The molecule has 6 heteroatoms. The molecule has 0 atom stereocenters. The van der Waals surface area contributed by atoms with Crippen LogP contribution in [-0.2, 0) is 4.79 Å². The monoisotopic (exact) mass is 378 g/mol. The Labute approximate surface area is 156 Å². The summed E-state index contributed by atoms with van der Waals surface area (Å²) >= 11 is 12.2. The molecule has 0 aromatic heterocycles. The zero-order chi connectivity index (χ0) is 17.8. The number of piperazine rings is 1. The molecule has 1 aliphatic rings. The van der Waals surface area contributed by atoms with Crippen LogP contribution in [0.4, 0.5) is 10.1 Å². The van der Waals surface area contributed by atoms with Gasteiger partial charge in [-0.2, -0.15) is 0 Å². The minimum Gasteiger partial charge on any atom is -0.368 e. The Hall–Kier alpha value is -2.04. The highest BCUT2D eigenvalue weighted by atomic mass is 35.5. The van der Waals surface area contributed by atoms with Crippen LogP contribution >= 0.6 is 23.2 Å². The second-order valence-corrected chi connectivity index (χ2v) is 6.57. The van der Waals surface area contributed by atoms with E-state index >= 15 is 0 Å². The van der Waals surface area contributed by atoms with Crippen molar-refractivity contribution in [3.8, 4) is 0 Å². The molecule has 2 aromatic carbocycles. The van der Waals surface area contributed by atoms with Crippen molar-refractivity contribution in [1.29, 1.82) is 0 Å². The number of hydrogen-bond acceptors (Lipinski definition) is 2. The molecule has 0 aliphatic carbocycles. The van der Waals surface area contributed by atoms with Crippen LogP contribution in [-0.4, -0.2) is 37.0 Å². The molecule has 0 N–H and O–H groups in total. The first kappa shape index (κ1) is 17.8. The molecule has 1 heterocycles. The second-order valence-electron chi connectivity index (χ2n) is 5.76. The number of nitrogens with zero attached hydrogens (tertiary/aromatic N) is 2. The van der Waals surface area contributed by atoms with Crippen molar-refractivity contribution in [3.05, 3.63) is 70.0 Å². The number of rotatable bonds is 3. The number of hydrogen-bond donors (Lipinski definition) is 0. The lowest BCUT2D eigenvalue weighted by molar-refractivity contribution is -0.126. The summed E-state index contributed by atoms with van der Waals surface area (Å²) in [6.45, 7) is 2.63.